The van der Waals surface area contributed by atoms with E-state index in [1.807, 2.05) is 11.7 Å². The van der Waals surface area contributed by atoms with Gasteiger partial charge in [0.1, 0.15) is 5.82 Å². The fraction of sp³-hybridized carbons (Fsp3) is 0.786. The van der Waals surface area contributed by atoms with E-state index in [9.17, 15) is 0 Å². The Kier molecular flexibility index (Phi) is 3.83. The zero-order valence-corrected chi connectivity index (χ0v) is 11.9. The molecule has 0 amide bonds. The summed E-state index contributed by atoms with van der Waals surface area (Å²) in [7, 11) is 1.97. The van der Waals surface area contributed by atoms with Crippen LogP contribution in [0.5, 0.6) is 0 Å². The first-order valence-corrected chi connectivity index (χ1v) is 7.17. The average Bonchev–Trinajstić information content (AvgIpc) is 3.03. The van der Waals surface area contributed by atoms with Crippen LogP contribution in [0, 0.1) is 5.41 Å². The number of hydrogen-bond donors (Lipinski definition) is 2. The van der Waals surface area contributed by atoms with Crippen LogP contribution < -0.4 is 11.1 Å². The number of nitrogen functional groups attached to an aromatic ring is 1. The second-order valence-electron chi connectivity index (χ2n) is 5.69. The molecule has 0 bridgehead atoms. The largest absolute Gasteiger partial charge is 0.394 e. The van der Waals surface area contributed by atoms with Gasteiger partial charge in [0.15, 0.2) is 0 Å². The summed E-state index contributed by atoms with van der Waals surface area (Å²) in [4.78, 5) is 0. The summed E-state index contributed by atoms with van der Waals surface area (Å²) in [6.45, 7) is 5.45. The van der Waals surface area contributed by atoms with E-state index in [1.54, 1.807) is 0 Å². The maximum absolute atomic E-state index is 6.17. The molecule has 1 aliphatic carbocycles. The van der Waals surface area contributed by atoms with Gasteiger partial charge in [0, 0.05) is 13.6 Å². The Bertz CT molecular complexity index is 404. The second kappa shape index (κ2) is 5.21. The normalized spacial score (nSPS) is 16.8. The molecule has 0 unspecified atom stereocenters. The molecule has 0 aromatic carbocycles. The predicted octanol–water partition coefficient (Wildman–Crippen LogP) is 2.95. The van der Waals surface area contributed by atoms with Gasteiger partial charge in [0.25, 0.3) is 0 Å². The highest BCUT2D eigenvalue weighted by atomic mass is 15.3. The van der Waals surface area contributed by atoms with E-state index in [0.717, 1.165) is 36.6 Å². The van der Waals surface area contributed by atoms with Crippen LogP contribution in [0.1, 0.15) is 51.6 Å². The van der Waals surface area contributed by atoms with Crippen molar-refractivity contribution >= 4 is 11.5 Å². The lowest BCUT2D eigenvalue weighted by atomic mass is 10.0. The topological polar surface area (TPSA) is 55.9 Å². The van der Waals surface area contributed by atoms with E-state index in [-0.39, 0.29) is 0 Å². The molecule has 1 fully saturated rings. The van der Waals surface area contributed by atoms with Gasteiger partial charge in [-0.1, -0.05) is 26.7 Å². The molecule has 1 aliphatic rings. The van der Waals surface area contributed by atoms with Gasteiger partial charge >= 0.3 is 0 Å². The van der Waals surface area contributed by atoms with E-state index in [4.69, 9.17) is 5.73 Å². The van der Waals surface area contributed by atoms with Gasteiger partial charge in [-0.25, -0.2) is 0 Å². The summed E-state index contributed by atoms with van der Waals surface area (Å²) in [6, 6.07) is 0. The summed E-state index contributed by atoms with van der Waals surface area (Å²) in [5, 5.41) is 8.02. The molecular weight excluding hydrogens is 224 g/mol. The summed E-state index contributed by atoms with van der Waals surface area (Å²) in [5.41, 5.74) is 8.58. The maximum Gasteiger partial charge on any atom is 0.147 e. The van der Waals surface area contributed by atoms with Gasteiger partial charge in [0.05, 0.1) is 11.4 Å². The highest BCUT2D eigenvalue weighted by Gasteiger charge is 2.41. The molecule has 0 saturated heterocycles. The molecule has 0 atom stereocenters. The molecule has 18 heavy (non-hydrogen) atoms. The molecule has 1 aromatic rings. The van der Waals surface area contributed by atoms with Crippen molar-refractivity contribution in [1.82, 2.24) is 9.78 Å². The third kappa shape index (κ3) is 2.62. The zero-order valence-electron chi connectivity index (χ0n) is 11.9. The number of nitrogens with two attached hydrogens (primary N) is 1. The number of rotatable bonds is 7. The molecule has 4 nitrogen and oxygen atoms in total. The van der Waals surface area contributed by atoms with Gasteiger partial charge in [-0.3, -0.25) is 4.68 Å². The average molecular weight is 250 g/mol. The highest BCUT2D eigenvalue weighted by molar-refractivity contribution is 5.65. The lowest BCUT2D eigenvalue weighted by Gasteiger charge is -2.16. The first-order valence-electron chi connectivity index (χ1n) is 7.17. The van der Waals surface area contributed by atoms with E-state index in [0.29, 0.717) is 5.41 Å². The lowest BCUT2D eigenvalue weighted by Crippen LogP contribution is -2.17. The summed E-state index contributed by atoms with van der Waals surface area (Å²) in [6.07, 6.45) is 7.34. The first-order chi connectivity index (χ1) is 8.62. The van der Waals surface area contributed by atoms with Crippen molar-refractivity contribution in [2.45, 2.75) is 52.4 Å². The van der Waals surface area contributed by atoms with Gasteiger partial charge in [0.2, 0.25) is 0 Å². The number of nitrogens with zero attached hydrogens (tertiary/aromatic N) is 2. The van der Waals surface area contributed by atoms with Crippen molar-refractivity contribution in [2.24, 2.45) is 12.5 Å². The van der Waals surface area contributed by atoms with Crippen LogP contribution in [0.4, 0.5) is 11.5 Å². The zero-order chi connectivity index (χ0) is 13.2. The SMILES string of the molecule is CCCc1nn(C)c(NCC2(CCC)CC2)c1N. The third-order valence-corrected chi connectivity index (χ3v) is 4.02. The number of hydrogen-bond acceptors (Lipinski definition) is 3. The monoisotopic (exact) mass is 250 g/mol. The van der Waals surface area contributed by atoms with E-state index in [2.05, 4.69) is 24.3 Å². The van der Waals surface area contributed by atoms with E-state index in [1.165, 1.54) is 25.7 Å². The number of aryl methyl sites for hydroxylation is 2. The number of anilines is 2. The molecule has 3 N–H and O–H groups in total. The van der Waals surface area contributed by atoms with Crippen LogP contribution >= 0.6 is 0 Å². The van der Waals surface area contributed by atoms with Gasteiger partial charge < -0.3 is 11.1 Å². The fourth-order valence-corrected chi connectivity index (χ4v) is 2.72. The highest BCUT2D eigenvalue weighted by Crippen LogP contribution is 2.49. The molecule has 1 heterocycles. The fourth-order valence-electron chi connectivity index (χ4n) is 2.72. The Morgan fingerprint density at radius 2 is 2.06 bits per heavy atom. The second-order valence-corrected chi connectivity index (χ2v) is 5.69. The maximum atomic E-state index is 6.17. The van der Waals surface area contributed by atoms with Crippen molar-refractivity contribution in [2.75, 3.05) is 17.6 Å². The smallest absolute Gasteiger partial charge is 0.147 e. The molecule has 0 aliphatic heterocycles. The van der Waals surface area contributed by atoms with Crippen molar-refractivity contribution < 1.29 is 0 Å². The van der Waals surface area contributed by atoms with E-state index < -0.39 is 0 Å². The summed E-state index contributed by atoms with van der Waals surface area (Å²) >= 11 is 0. The van der Waals surface area contributed by atoms with Crippen LogP contribution in [0.3, 0.4) is 0 Å². The van der Waals surface area contributed by atoms with Crippen LogP contribution in [-0.4, -0.2) is 16.3 Å². The minimum Gasteiger partial charge on any atom is -0.394 e. The minimum atomic E-state index is 0.538. The van der Waals surface area contributed by atoms with Crippen LogP contribution in [0.2, 0.25) is 0 Å². The predicted molar refractivity (Wildman–Crippen MR) is 76.7 cm³/mol. The Balaban J connectivity index is 2.01. The standard InChI is InChI=1S/C14H26N4/c1-4-6-11-12(15)13(18(3)17-11)16-10-14(7-5-2)8-9-14/h16H,4-10,15H2,1-3H3. The third-order valence-electron chi connectivity index (χ3n) is 4.02. The molecular formula is C14H26N4. The Morgan fingerprint density at radius 3 is 2.61 bits per heavy atom. The minimum absolute atomic E-state index is 0.538. The lowest BCUT2D eigenvalue weighted by molar-refractivity contribution is 0.484. The van der Waals surface area contributed by atoms with Gasteiger partial charge in [-0.2, -0.15) is 5.10 Å². The molecule has 4 heteroatoms. The number of nitrogens with one attached hydrogen (secondary N) is 1. The van der Waals surface area contributed by atoms with Crippen LogP contribution in [-0.2, 0) is 13.5 Å². The van der Waals surface area contributed by atoms with Crippen LogP contribution in [0.15, 0.2) is 0 Å². The molecule has 1 saturated carbocycles. The molecule has 0 radical (unpaired) electrons. The number of aromatic nitrogens is 2. The van der Waals surface area contributed by atoms with Crippen molar-refractivity contribution in [3.8, 4) is 0 Å². The van der Waals surface area contributed by atoms with Gasteiger partial charge in [-0.05, 0) is 31.1 Å². The molecule has 102 valence electrons. The molecule has 1 aromatic heterocycles. The van der Waals surface area contributed by atoms with E-state index >= 15 is 0 Å². The first kappa shape index (κ1) is 13.2. The summed E-state index contributed by atoms with van der Waals surface area (Å²) in [5.74, 6) is 1.00. The van der Waals surface area contributed by atoms with Crippen molar-refractivity contribution in [3.05, 3.63) is 5.69 Å². The molecule has 0 spiro atoms. The Morgan fingerprint density at radius 1 is 1.33 bits per heavy atom. The Labute approximate surface area is 110 Å². The van der Waals surface area contributed by atoms with Crippen molar-refractivity contribution in [1.29, 1.82) is 0 Å². The van der Waals surface area contributed by atoms with Crippen LogP contribution in [0.25, 0.3) is 0 Å². The Hall–Kier alpha value is -1.19. The molecule has 2 rings (SSSR count). The quantitative estimate of drug-likeness (QED) is 0.782. The van der Waals surface area contributed by atoms with Crippen molar-refractivity contribution in [3.63, 3.8) is 0 Å². The van der Waals surface area contributed by atoms with Gasteiger partial charge in [-0.15, -0.1) is 0 Å². The summed E-state index contributed by atoms with van der Waals surface area (Å²) < 4.78 is 1.89.